The Kier molecular flexibility index (Phi) is 4.46. The van der Waals surface area contributed by atoms with Gasteiger partial charge in [0.15, 0.2) is 0 Å². The van der Waals surface area contributed by atoms with Crippen LogP contribution in [-0.4, -0.2) is 49.9 Å². The highest BCUT2D eigenvalue weighted by atomic mass is 32.1. The molecule has 1 saturated heterocycles. The van der Waals surface area contributed by atoms with E-state index in [0.29, 0.717) is 5.82 Å². The summed E-state index contributed by atoms with van der Waals surface area (Å²) in [6.45, 7) is 9.74. The molecule has 0 spiro atoms. The van der Waals surface area contributed by atoms with Gasteiger partial charge in [0.1, 0.15) is 5.82 Å². The maximum atomic E-state index is 10.9. The van der Waals surface area contributed by atoms with Crippen LogP contribution in [0.5, 0.6) is 5.88 Å². The van der Waals surface area contributed by atoms with Gasteiger partial charge in [-0.1, -0.05) is 41.2 Å². The monoisotopic (exact) mass is 372 g/mol. The lowest BCUT2D eigenvalue weighted by molar-refractivity contribution is -0.0764. The molecule has 138 valence electrons. The van der Waals surface area contributed by atoms with Crippen LogP contribution in [0, 0.1) is 13.8 Å². The molecule has 3 heterocycles. The number of nitrogens with zero attached hydrogens (tertiary/aromatic N) is 4. The van der Waals surface area contributed by atoms with E-state index in [1.807, 2.05) is 6.92 Å². The molecule has 26 heavy (non-hydrogen) atoms. The van der Waals surface area contributed by atoms with Crippen molar-refractivity contribution in [2.45, 2.75) is 45.9 Å². The summed E-state index contributed by atoms with van der Waals surface area (Å²) in [5.74, 6) is 0.849. The molecule has 3 aromatic rings. The lowest BCUT2D eigenvalue weighted by atomic mass is 10.0. The van der Waals surface area contributed by atoms with E-state index in [4.69, 9.17) is 4.74 Å². The van der Waals surface area contributed by atoms with Gasteiger partial charge in [-0.2, -0.15) is 4.52 Å². The van der Waals surface area contributed by atoms with Crippen molar-refractivity contribution in [1.29, 1.82) is 0 Å². The largest absolute Gasteiger partial charge is 0.492 e. The van der Waals surface area contributed by atoms with Crippen molar-refractivity contribution in [1.82, 2.24) is 19.5 Å². The molecule has 0 bridgehead atoms. The molecule has 0 saturated carbocycles. The van der Waals surface area contributed by atoms with Gasteiger partial charge in [0.05, 0.1) is 23.1 Å². The minimum Gasteiger partial charge on any atom is -0.492 e. The second-order valence-corrected chi connectivity index (χ2v) is 8.18. The Morgan fingerprint density at radius 1 is 1.15 bits per heavy atom. The van der Waals surface area contributed by atoms with Crippen LogP contribution in [0.15, 0.2) is 24.3 Å². The van der Waals surface area contributed by atoms with Crippen LogP contribution in [0.3, 0.4) is 0 Å². The number of ether oxygens (including phenoxy) is 1. The van der Waals surface area contributed by atoms with E-state index in [2.05, 4.69) is 60.0 Å². The number of fused-ring (bicyclic) bond motifs is 1. The zero-order chi connectivity index (χ0) is 18.4. The molecule has 3 atom stereocenters. The third-order valence-corrected chi connectivity index (χ3v) is 5.83. The number of aromatic nitrogens is 3. The van der Waals surface area contributed by atoms with E-state index in [1.165, 1.54) is 16.9 Å². The van der Waals surface area contributed by atoms with Crippen molar-refractivity contribution in [2.75, 3.05) is 13.1 Å². The smallest absolute Gasteiger partial charge is 0.230 e. The fourth-order valence-electron chi connectivity index (χ4n) is 3.73. The first-order chi connectivity index (χ1) is 12.4. The fourth-order valence-corrected chi connectivity index (χ4v) is 4.89. The summed E-state index contributed by atoms with van der Waals surface area (Å²) >= 11 is 1.50. The molecule has 0 aliphatic carbocycles. The van der Waals surface area contributed by atoms with Crippen LogP contribution in [0.2, 0.25) is 0 Å². The highest BCUT2D eigenvalue weighted by molar-refractivity contribution is 7.17. The highest BCUT2D eigenvalue weighted by Gasteiger charge is 2.33. The number of hydrogen-bond donors (Lipinski definition) is 1. The lowest BCUT2D eigenvalue weighted by Gasteiger charge is -2.40. The molecule has 4 rings (SSSR count). The number of aryl methyl sites for hydroxylation is 2. The van der Waals surface area contributed by atoms with E-state index in [0.717, 1.165) is 28.5 Å². The predicted molar refractivity (Wildman–Crippen MR) is 102 cm³/mol. The Morgan fingerprint density at radius 2 is 1.81 bits per heavy atom. The first kappa shape index (κ1) is 17.5. The van der Waals surface area contributed by atoms with Crippen LogP contribution in [0.25, 0.3) is 4.96 Å². The first-order valence-corrected chi connectivity index (χ1v) is 9.75. The number of hydrogen-bond acceptors (Lipinski definition) is 6. The molecular weight excluding hydrogens is 348 g/mol. The highest BCUT2D eigenvalue weighted by Crippen LogP contribution is 2.40. The Labute approximate surface area is 157 Å². The quantitative estimate of drug-likeness (QED) is 0.764. The summed E-state index contributed by atoms with van der Waals surface area (Å²) in [4.78, 5) is 8.42. The molecule has 1 aliphatic heterocycles. The van der Waals surface area contributed by atoms with Gasteiger partial charge in [-0.15, -0.1) is 5.10 Å². The Bertz CT molecular complexity index is 908. The third-order valence-electron chi connectivity index (χ3n) is 4.76. The molecule has 0 unspecified atom stereocenters. The molecule has 0 radical (unpaired) electrons. The van der Waals surface area contributed by atoms with Crippen molar-refractivity contribution >= 4 is 16.3 Å². The summed E-state index contributed by atoms with van der Waals surface area (Å²) < 4.78 is 7.46. The van der Waals surface area contributed by atoms with Crippen LogP contribution in [0.1, 0.15) is 41.7 Å². The van der Waals surface area contributed by atoms with Crippen LogP contribution < -0.4 is 0 Å². The molecule has 0 amide bonds. The lowest BCUT2D eigenvalue weighted by Crippen LogP contribution is -2.47. The molecule has 1 aromatic carbocycles. The minimum absolute atomic E-state index is 0.0433. The van der Waals surface area contributed by atoms with Crippen molar-refractivity contribution < 1.29 is 9.84 Å². The maximum Gasteiger partial charge on any atom is 0.230 e. The normalized spacial score (nSPS) is 22.8. The minimum atomic E-state index is -0.0433. The van der Waals surface area contributed by atoms with Crippen LogP contribution in [0.4, 0.5) is 0 Å². The average molecular weight is 372 g/mol. The van der Waals surface area contributed by atoms with Gasteiger partial charge in [0, 0.05) is 13.1 Å². The van der Waals surface area contributed by atoms with E-state index in [9.17, 15) is 5.11 Å². The standard InChI is InChI=1S/C19H24N4O2S/c1-11-5-7-15(8-6-11)16(22-9-12(2)25-13(3)10-22)17-18(24)23-19(26-17)20-14(4)21-23/h5-8,12-13,16,24H,9-10H2,1-4H3/t12-,13-,16+/m0/s1. The van der Waals surface area contributed by atoms with Gasteiger partial charge >= 0.3 is 0 Å². The van der Waals surface area contributed by atoms with Crippen LogP contribution >= 0.6 is 11.3 Å². The van der Waals surface area contributed by atoms with Gasteiger partial charge in [-0.05, 0) is 33.3 Å². The molecule has 1 fully saturated rings. The molecule has 1 N–H and O–H groups in total. The van der Waals surface area contributed by atoms with Gasteiger partial charge in [-0.3, -0.25) is 4.90 Å². The van der Waals surface area contributed by atoms with Crippen molar-refractivity contribution in [2.24, 2.45) is 0 Å². The summed E-state index contributed by atoms with van der Waals surface area (Å²) in [5.41, 5.74) is 2.38. The Balaban J connectivity index is 1.82. The number of thiazole rings is 1. The third kappa shape index (κ3) is 3.11. The molecule has 6 nitrogen and oxygen atoms in total. The maximum absolute atomic E-state index is 10.9. The predicted octanol–water partition coefficient (Wildman–Crippen LogP) is 3.31. The number of morpholine rings is 1. The SMILES string of the molecule is Cc1ccc([C@H](c2sc3nc(C)nn3c2O)N2C[C@H](C)O[C@@H](C)C2)cc1. The summed E-state index contributed by atoms with van der Waals surface area (Å²) in [5, 5.41) is 15.2. The van der Waals surface area contributed by atoms with Gasteiger partial charge in [-0.25, -0.2) is 4.98 Å². The number of aromatic hydroxyl groups is 1. The van der Waals surface area contributed by atoms with Crippen molar-refractivity contribution in [3.8, 4) is 5.88 Å². The first-order valence-electron chi connectivity index (χ1n) is 8.93. The number of rotatable bonds is 3. The van der Waals surface area contributed by atoms with Gasteiger partial charge in [0.25, 0.3) is 0 Å². The zero-order valence-electron chi connectivity index (χ0n) is 15.5. The summed E-state index contributed by atoms with van der Waals surface area (Å²) in [7, 11) is 0. The summed E-state index contributed by atoms with van der Waals surface area (Å²) in [6, 6.07) is 8.48. The topological polar surface area (TPSA) is 62.9 Å². The fraction of sp³-hybridized carbons (Fsp3) is 0.474. The second-order valence-electron chi connectivity index (χ2n) is 7.17. The second kappa shape index (κ2) is 6.64. The van der Waals surface area contributed by atoms with E-state index in [-0.39, 0.29) is 24.1 Å². The van der Waals surface area contributed by atoms with Crippen molar-refractivity contribution in [3.63, 3.8) is 0 Å². The van der Waals surface area contributed by atoms with Crippen molar-refractivity contribution in [3.05, 3.63) is 46.1 Å². The van der Waals surface area contributed by atoms with E-state index >= 15 is 0 Å². The average Bonchev–Trinajstić information content (AvgIpc) is 3.07. The molecule has 7 heteroatoms. The Hall–Kier alpha value is -1.96. The molecular formula is C19H24N4O2S. The van der Waals surface area contributed by atoms with Crippen LogP contribution in [-0.2, 0) is 4.74 Å². The molecule has 1 aliphatic rings. The zero-order valence-corrected chi connectivity index (χ0v) is 16.3. The summed E-state index contributed by atoms with van der Waals surface area (Å²) in [6.07, 6.45) is 0.302. The Morgan fingerprint density at radius 3 is 2.42 bits per heavy atom. The number of benzene rings is 1. The van der Waals surface area contributed by atoms with Gasteiger partial charge in [0.2, 0.25) is 10.8 Å². The van der Waals surface area contributed by atoms with Gasteiger partial charge < -0.3 is 9.84 Å². The molecule has 2 aromatic heterocycles. The van der Waals surface area contributed by atoms with E-state index in [1.54, 1.807) is 4.52 Å². The van der Waals surface area contributed by atoms with E-state index < -0.39 is 0 Å².